The van der Waals surface area contributed by atoms with Crippen LogP contribution in [0, 0.1) is 0 Å². The summed E-state index contributed by atoms with van der Waals surface area (Å²) in [6, 6.07) is 9.60. The summed E-state index contributed by atoms with van der Waals surface area (Å²) in [7, 11) is 0. The molecule has 2 nitrogen and oxygen atoms in total. The molecule has 0 aliphatic heterocycles. The smallest absolute Gasteiger partial charge is 0.119 e. The first-order valence-corrected chi connectivity index (χ1v) is 5.54. The Hall–Kier alpha value is -1.02. The maximum Gasteiger partial charge on any atom is 0.119 e. The van der Waals surface area contributed by atoms with E-state index in [0.717, 1.165) is 25.0 Å². The van der Waals surface area contributed by atoms with Crippen LogP contribution < -0.4 is 4.74 Å². The van der Waals surface area contributed by atoms with Gasteiger partial charge >= 0.3 is 0 Å². The number of aliphatic hydroxyl groups is 1. The van der Waals surface area contributed by atoms with Crippen molar-refractivity contribution in [3.8, 4) is 5.75 Å². The molecule has 0 bridgehead atoms. The van der Waals surface area contributed by atoms with E-state index in [0.29, 0.717) is 6.61 Å². The highest BCUT2D eigenvalue weighted by molar-refractivity contribution is 5.21. The van der Waals surface area contributed by atoms with Crippen molar-refractivity contribution in [2.45, 2.75) is 38.7 Å². The van der Waals surface area contributed by atoms with Crippen LogP contribution in [-0.4, -0.2) is 17.3 Å². The molecule has 2 heteroatoms. The van der Waals surface area contributed by atoms with Crippen molar-refractivity contribution in [1.82, 2.24) is 0 Å². The van der Waals surface area contributed by atoms with Gasteiger partial charge in [-0.3, -0.25) is 0 Å². The lowest BCUT2D eigenvalue weighted by Crippen LogP contribution is -2.32. The lowest BCUT2D eigenvalue weighted by Gasteiger charge is -2.23. The summed E-state index contributed by atoms with van der Waals surface area (Å²) in [5.41, 5.74) is -0.716. The Morgan fingerprint density at radius 2 is 1.93 bits per heavy atom. The molecule has 0 spiro atoms. The predicted octanol–water partition coefficient (Wildman–Crippen LogP) is 3.01. The van der Waals surface area contributed by atoms with E-state index in [4.69, 9.17) is 4.74 Å². The van der Waals surface area contributed by atoms with Crippen LogP contribution in [0.15, 0.2) is 30.3 Å². The van der Waals surface area contributed by atoms with Crippen LogP contribution >= 0.6 is 0 Å². The van der Waals surface area contributed by atoms with E-state index in [1.54, 1.807) is 0 Å². The molecule has 15 heavy (non-hydrogen) atoms. The van der Waals surface area contributed by atoms with E-state index in [2.05, 4.69) is 6.92 Å². The zero-order valence-electron chi connectivity index (χ0n) is 9.57. The third kappa shape index (κ3) is 4.84. The molecule has 0 fully saturated rings. The molecule has 1 unspecified atom stereocenters. The number of unbranched alkanes of at least 4 members (excludes halogenated alkanes) is 1. The Bertz CT molecular complexity index is 267. The fraction of sp³-hybridized carbons (Fsp3) is 0.538. The minimum absolute atomic E-state index is 0.358. The third-order valence-electron chi connectivity index (χ3n) is 2.36. The summed E-state index contributed by atoms with van der Waals surface area (Å²) in [5, 5.41) is 9.98. The van der Waals surface area contributed by atoms with Crippen molar-refractivity contribution in [2.24, 2.45) is 0 Å². The average molecular weight is 208 g/mol. The molecule has 1 rings (SSSR count). The fourth-order valence-corrected chi connectivity index (χ4v) is 1.39. The van der Waals surface area contributed by atoms with E-state index in [1.807, 2.05) is 37.3 Å². The minimum atomic E-state index is -0.716. The van der Waals surface area contributed by atoms with Crippen molar-refractivity contribution < 1.29 is 9.84 Å². The molecule has 0 amide bonds. The Morgan fingerprint density at radius 1 is 1.27 bits per heavy atom. The monoisotopic (exact) mass is 208 g/mol. The zero-order valence-corrected chi connectivity index (χ0v) is 9.57. The van der Waals surface area contributed by atoms with Gasteiger partial charge in [0.1, 0.15) is 12.4 Å². The summed E-state index contributed by atoms with van der Waals surface area (Å²) in [6.07, 6.45) is 2.92. The Morgan fingerprint density at radius 3 is 2.53 bits per heavy atom. The molecule has 1 aromatic carbocycles. The normalized spacial score (nSPS) is 14.6. The van der Waals surface area contributed by atoms with Gasteiger partial charge in [-0.05, 0) is 25.5 Å². The first kappa shape index (κ1) is 12.1. The van der Waals surface area contributed by atoms with Gasteiger partial charge in [0.05, 0.1) is 5.60 Å². The van der Waals surface area contributed by atoms with Gasteiger partial charge in [0, 0.05) is 0 Å². The molecule has 1 aromatic rings. The topological polar surface area (TPSA) is 29.5 Å². The lowest BCUT2D eigenvalue weighted by atomic mass is 10.0. The van der Waals surface area contributed by atoms with Gasteiger partial charge in [-0.2, -0.15) is 0 Å². The summed E-state index contributed by atoms with van der Waals surface area (Å²) < 4.78 is 5.52. The van der Waals surface area contributed by atoms with E-state index in [9.17, 15) is 5.11 Å². The first-order valence-electron chi connectivity index (χ1n) is 5.54. The molecule has 0 saturated heterocycles. The second-order valence-electron chi connectivity index (χ2n) is 4.20. The number of benzene rings is 1. The largest absolute Gasteiger partial charge is 0.491 e. The molecule has 1 N–H and O–H groups in total. The third-order valence-corrected chi connectivity index (χ3v) is 2.36. The maximum atomic E-state index is 9.98. The van der Waals surface area contributed by atoms with Crippen molar-refractivity contribution in [2.75, 3.05) is 6.61 Å². The molecular formula is C13H20O2. The van der Waals surface area contributed by atoms with Crippen molar-refractivity contribution in [1.29, 1.82) is 0 Å². The van der Waals surface area contributed by atoms with Crippen LogP contribution in [0.25, 0.3) is 0 Å². The van der Waals surface area contributed by atoms with Gasteiger partial charge in [-0.25, -0.2) is 0 Å². The number of hydrogen-bond acceptors (Lipinski definition) is 2. The standard InChI is InChI=1S/C13H20O2/c1-3-4-10-13(2,14)11-15-12-8-6-5-7-9-12/h5-9,14H,3-4,10-11H2,1-2H3. The highest BCUT2D eigenvalue weighted by Gasteiger charge is 2.20. The van der Waals surface area contributed by atoms with Gasteiger partial charge < -0.3 is 9.84 Å². The minimum Gasteiger partial charge on any atom is -0.491 e. The highest BCUT2D eigenvalue weighted by Crippen LogP contribution is 2.16. The molecule has 0 radical (unpaired) electrons. The molecule has 0 aliphatic rings. The number of rotatable bonds is 6. The molecule has 0 saturated carbocycles. The van der Waals surface area contributed by atoms with E-state index in [1.165, 1.54) is 0 Å². The zero-order chi connectivity index (χ0) is 11.1. The van der Waals surface area contributed by atoms with Crippen LogP contribution in [0.4, 0.5) is 0 Å². The summed E-state index contributed by atoms with van der Waals surface area (Å²) in [6.45, 7) is 4.30. The van der Waals surface area contributed by atoms with Crippen LogP contribution in [0.2, 0.25) is 0 Å². The Kier molecular flexibility index (Phi) is 4.63. The number of para-hydroxylation sites is 1. The molecule has 0 heterocycles. The van der Waals surface area contributed by atoms with Gasteiger partial charge in [-0.1, -0.05) is 38.0 Å². The first-order chi connectivity index (χ1) is 7.14. The molecule has 84 valence electrons. The number of ether oxygens (including phenoxy) is 1. The molecule has 1 atom stereocenters. The Balaban J connectivity index is 2.35. The molecule has 0 aliphatic carbocycles. The second kappa shape index (κ2) is 5.76. The maximum absolute atomic E-state index is 9.98. The van der Waals surface area contributed by atoms with Crippen LogP contribution in [-0.2, 0) is 0 Å². The highest BCUT2D eigenvalue weighted by atomic mass is 16.5. The Labute approximate surface area is 91.9 Å². The van der Waals surface area contributed by atoms with Gasteiger partial charge in [0.25, 0.3) is 0 Å². The second-order valence-corrected chi connectivity index (χ2v) is 4.20. The van der Waals surface area contributed by atoms with Gasteiger partial charge in [0.2, 0.25) is 0 Å². The van der Waals surface area contributed by atoms with E-state index < -0.39 is 5.60 Å². The summed E-state index contributed by atoms with van der Waals surface area (Å²) in [4.78, 5) is 0. The van der Waals surface area contributed by atoms with Gasteiger partial charge in [-0.15, -0.1) is 0 Å². The van der Waals surface area contributed by atoms with Crippen molar-refractivity contribution in [3.63, 3.8) is 0 Å². The van der Waals surface area contributed by atoms with E-state index in [-0.39, 0.29) is 0 Å². The van der Waals surface area contributed by atoms with Crippen LogP contribution in [0.5, 0.6) is 5.75 Å². The van der Waals surface area contributed by atoms with Gasteiger partial charge in [0.15, 0.2) is 0 Å². The van der Waals surface area contributed by atoms with Crippen LogP contribution in [0.1, 0.15) is 33.1 Å². The predicted molar refractivity (Wildman–Crippen MR) is 62.1 cm³/mol. The van der Waals surface area contributed by atoms with Crippen molar-refractivity contribution in [3.05, 3.63) is 30.3 Å². The SMILES string of the molecule is CCCCC(C)(O)COc1ccccc1. The average Bonchev–Trinajstić information content (AvgIpc) is 2.25. The lowest BCUT2D eigenvalue weighted by molar-refractivity contribution is 0.00269. The summed E-state index contributed by atoms with van der Waals surface area (Å²) in [5.74, 6) is 0.814. The van der Waals surface area contributed by atoms with Crippen molar-refractivity contribution >= 4 is 0 Å². The number of hydrogen-bond donors (Lipinski definition) is 1. The van der Waals surface area contributed by atoms with Crippen LogP contribution in [0.3, 0.4) is 0 Å². The molecular weight excluding hydrogens is 188 g/mol. The summed E-state index contributed by atoms with van der Waals surface area (Å²) >= 11 is 0. The van der Waals surface area contributed by atoms with E-state index >= 15 is 0 Å². The molecule has 0 aromatic heterocycles. The quantitative estimate of drug-likeness (QED) is 0.778. The fourth-order valence-electron chi connectivity index (χ4n) is 1.39.